The lowest BCUT2D eigenvalue weighted by Gasteiger charge is -2.30. The van der Waals surface area contributed by atoms with E-state index in [1.165, 1.54) is 6.92 Å². The minimum atomic E-state index is -1.72. The molecule has 5 nitrogen and oxygen atoms in total. The van der Waals surface area contributed by atoms with E-state index >= 15 is 0 Å². The summed E-state index contributed by atoms with van der Waals surface area (Å²) >= 11 is 0. The maximum Gasteiger partial charge on any atom is 0.347 e. The second-order valence-electron chi connectivity index (χ2n) is 3.16. The molecule has 0 aliphatic rings. The van der Waals surface area contributed by atoms with Crippen LogP contribution in [0, 0.1) is 0 Å². The highest BCUT2D eigenvalue weighted by atomic mass is 16.9. The molecule has 0 heterocycles. The minimum absolute atomic E-state index is 0.242. The van der Waals surface area contributed by atoms with Crippen molar-refractivity contribution in [2.75, 3.05) is 19.8 Å². The fourth-order valence-electron chi connectivity index (χ4n) is 1.27. The highest BCUT2D eigenvalue weighted by molar-refractivity contribution is 6.00. The monoisotopic (exact) mass is 232 g/mol. The molecular weight excluding hydrogens is 212 g/mol. The molecule has 5 heteroatoms. The second kappa shape index (κ2) is 7.49. The lowest BCUT2D eigenvalue weighted by atomic mass is 10.2. The van der Waals surface area contributed by atoms with E-state index in [-0.39, 0.29) is 32.0 Å². The number of rotatable bonds is 9. The van der Waals surface area contributed by atoms with Crippen LogP contribution in [0.1, 0.15) is 34.1 Å². The number of hydrogen-bond acceptors (Lipinski definition) is 5. The SMILES string of the molecule is CCOC(OCC)(OCC)C(=O)CC(C)=O. The Morgan fingerprint density at radius 1 is 0.938 bits per heavy atom. The summed E-state index contributed by atoms with van der Waals surface area (Å²) in [7, 11) is 0. The van der Waals surface area contributed by atoms with Crippen molar-refractivity contribution in [3.8, 4) is 0 Å². The van der Waals surface area contributed by atoms with Crippen LogP contribution < -0.4 is 0 Å². The van der Waals surface area contributed by atoms with Crippen molar-refractivity contribution in [3.05, 3.63) is 0 Å². The molecule has 0 unspecified atom stereocenters. The molecule has 0 aromatic carbocycles. The molecule has 0 aromatic heterocycles. The smallest absolute Gasteiger partial charge is 0.322 e. The fourth-order valence-corrected chi connectivity index (χ4v) is 1.27. The van der Waals surface area contributed by atoms with Crippen LogP contribution in [0.25, 0.3) is 0 Å². The highest BCUT2D eigenvalue weighted by Crippen LogP contribution is 2.19. The summed E-state index contributed by atoms with van der Waals surface area (Å²) in [4.78, 5) is 22.8. The van der Waals surface area contributed by atoms with Gasteiger partial charge in [-0.2, -0.15) is 0 Å². The molecule has 0 aliphatic carbocycles. The summed E-state index contributed by atoms with van der Waals surface area (Å²) in [6.07, 6.45) is -0.250. The number of carbonyl (C=O) groups is 2. The van der Waals surface area contributed by atoms with Gasteiger partial charge in [0.2, 0.25) is 5.78 Å². The third kappa shape index (κ3) is 4.38. The first-order valence-electron chi connectivity index (χ1n) is 5.47. The zero-order valence-electron chi connectivity index (χ0n) is 10.4. The third-order valence-electron chi connectivity index (χ3n) is 1.75. The van der Waals surface area contributed by atoms with Crippen LogP contribution in [0.4, 0.5) is 0 Å². The predicted octanol–water partition coefficient (Wildman–Crippen LogP) is 1.30. The topological polar surface area (TPSA) is 61.8 Å². The second-order valence-corrected chi connectivity index (χ2v) is 3.16. The van der Waals surface area contributed by atoms with E-state index in [0.717, 1.165) is 0 Å². The van der Waals surface area contributed by atoms with Gasteiger partial charge < -0.3 is 14.2 Å². The van der Waals surface area contributed by atoms with Gasteiger partial charge in [0.15, 0.2) is 0 Å². The molecule has 0 radical (unpaired) electrons. The molecule has 0 atom stereocenters. The molecule has 16 heavy (non-hydrogen) atoms. The summed E-state index contributed by atoms with van der Waals surface area (Å²) in [5.74, 6) is -2.46. The Hall–Kier alpha value is -0.780. The number of hydrogen-bond donors (Lipinski definition) is 0. The van der Waals surface area contributed by atoms with Crippen molar-refractivity contribution in [1.82, 2.24) is 0 Å². The number of ketones is 2. The van der Waals surface area contributed by atoms with Crippen LogP contribution in [0.5, 0.6) is 0 Å². The molecule has 94 valence electrons. The van der Waals surface area contributed by atoms with E-state index < -0.39 is 11.8 Å². The van der Waals surface area contributed by atoms with Crippen LogP contribution in [0.15, 0.2) is 0 Å². The number of Topliss-reactive ketones (excluding diaryl/α,β-unsaturated/α-hetero) is 2. The van der Waals surface area contributed by atoms with Crippen LogP contribution >= 0.6 is 0 Å². The summed E-state index contributed by atoms with van der Waals surface area (Å²) < 4.78 is 15.7. The van der Waals surface area contributed by atoms with Crippen LogP contribution in [-0.2, 0) is 23.8 Å². The maximum absolute atomic E-state index is 11.8. The van der Waals surface area contributed by atoms with Gasteiger partial charge in [-0.15, -0.1) is 0 Å². The highest BCUT2D eigenvalue weighted by Gasteiger charge is 2.41. The van der Waals surface area contributed by atoms with Crippen molar-refractivity contribution in [2.24, 2.45) is 0 Å². The lowest BCUT2D eigenvalue weighted by molar-refractivity contribution is -0.349. The zero-order valence-corrected chi connectivity index (χ0v) is 10.4. The molecule has 0 spiro atoms. The molecule has 0 rings (SSSR count). The molecule has 0 saturated heterocycles. The van der Waals surface area contributed by atoms with Crippen LogP contribution in [-0.4, -0.2) is 37.4 Å². The zero-order chi connectivity index (χ0) is 12.6. The van der Waals surface area contributed by atoms with E-state index in [0.29, 0.717) is 0 Å². The van der Waals surface area contributed by atoms with Gasteiger partial charge in [0.1, 0.15) is 5.78 Å². The first kappa shape index (κ1) is 15.2. The van der Waals surface area contributed by atoms with Gasteiger partial charge in [0.05, 0.1) is 26.2 Å². The Labute approximate surface area is 96.1 Å². The van der Waals surface area contributed by atoms with Gasteiger partial charge >= 0.3 is 5.97 Å². The summed E-state index contributed by atoms with van der Waals surface area (Å²) in [5, 5.41) is 0. The Morgan fingerprint density at radius 2 is 1.31 bits per heavy atom. The van der Waals surface area contributed by atoms with Crippen molar-refractivity contribution in [2.45, 2.75) is 40.1 Å². The predicted molar refractivity (Wildman–Crippen MR) is 57.9 cm³/mol. The van der Waals surface area contributed by atoms with Crippen molar-refractivity contribution in [1.29, 1.82) is 0 Å². The van der Waals surface area contributed by atoms with Crippen LogP contribution in [0.2, 0.25) is 0 Å². The fraction of sp³-hybridized carbons (Fsp3) is 0.818. The molecule has 0 saturated carbocycles. The Morgan fingerprint density at radius 3 is 1.56 bits per heavy atom. The molecule has 0 bridgehead atoms. The number of ether oxygens (including phenoxy) is 3. The average molecular weight is 232 g/mol. The first-order valence-corrected chi connectivity index (χ1v) is 5.47. The number of carbonyl (C=O) groups excluding carboxylic acids is 2. The Kier molecular flexibility index (Phi) is 7.12. The standard InChI is InChI=1S/C11H20O5/c1-5-14-11(15-6-2,16-7-3)10(13)8-9(4)12/h5-8H2,1-4H3. The van der Waals surface area contributed by atoms with E-state index in [1.54, 1.807) is 20.8 Å². The maximum atomic E-state index is 11.8. The molecule has 0 fully saturated rings. The Bertz CT molecular complexity index is 220. The van der Waals surface area contributed by atoms with E-state index in [9.17, 15) is 9.59 Å². The van der Waals surface area contributed by atoms with E-state index in [4.69, 9.17) is 14.2 Å². The molecule has 0 amide bonds. The summed E-state index contributed by atoms with van der Waals surface area (Å²) in [6, 6.07) is 0. The van der Waals surface area contributed by atoms with E-state index in [1.807, 2.05) is 0 Å². The molecule has 0 N–H and O–H groups in total. The molecular formula is C11H20O5. The van der Waals surface area contributed by atoms with Gasteiger partial charge in [-0.3, -0.25) is 9.59 Å². The van der Waals surface area contributed by atoms with Gasteiger partial charge in [-0.1, -0.05) is 0 Å². The molecule has 0 aromatic rings. The van der Waals surface area contributed by atoms with Crippen molar-refractivity contribution in [3.63, 3.8) is 0 Å². The average Bonchev–Trinajstić information content (AvgIpc) is 2.17. The van der Waals surface area contributed by atoms with E-state index in [2.05, 4.69) is 0 Å². The normalized spacial score (nSPS) is 11.5. The summed E-state index contributed by atoms with van der Waals surface area (Å²) in [6.45, 7) is 7.33. The van der Waals surface area contributed by atoms with Gasteiger partial charge in [0.25, 0.3) is 0 Å². The third-order valence-corrected chi connectivity index (χ3v) is 1.75. The quantitative estimate of drug-likeness (QED) is 0.443. The first-order chi connectivity index (χ1) is 7.52. The van der Waals surface area contributed by atoms with Gasteiger partial charge in [0, 0.05) is 0 Å². The van der Waals surface area contributed by atoms with Gasteiger partial charge in [-0.25, -0.2) is 0 Å². The molecule has 0 aliphatic heterocycles. The largest absolute Gasteiger partial charge is 0.347 e. The Balaban J connectivity index is 4.82. The van der Waals surface area contributed by atoms with Crippen molar-refractivity contribution >= 4 is 11.6 Å². The summed E-state index contributed by atoms with van der Waals surface area (Å²) in [5.41, 5.74) is 0. The van der Waals surface area contributed by atoms with Crippen molar-refractivity contribution < 1.29 is 23.8 Å². The minimum Gasteiger partial charge on any atom is -0.322 e. The lowest BCUT2D eigenvalue weighted by Crippen LogP contribution is -2.47. The van der Waals surface area contributed by atoms with Crippen LogP contribution in [0.3, 0.4) is 0 Å². The van der Waals surface area contributed by atoms with Gasteiger partial charge in [-0.05, 0) is 27.7 Å².